The maximum absolute atomic E-state index is 11.7. The van der Waals surface area contributed by atoms with Crippen LogP contribution in [0.2, 0.25) is 10.3 Å². The molecule has 0 aromatic carbocycles. The van der Waals surface area contributed by atoms with Crippen LogP contribution in [0.25, 0.3) is 0 Å². The molecule has 112 valence electrons. The van der Waals surface area contributed by atoms with Gasteiger partial charge in [0.1, 0.15) is 10.3 Å². The van der Waals surface area contributed by atoms with Gasteiger partial charge in [0.05, 0.1) is 0 Å². The summed E-state index contributed by atoms with van der Waals surface area (Å²) in [6.07, 6.45) is 8.27. The lowest BCUT2D eigenvalue weighted by atomic mass is 10.1. The van der Waals surface area contributed by atoms with Crippen LogP contribution >= 0.6 is 23.2 Å². The molecule has 1 aromatic rings. The van der Waals surface area contributed by atoms with E-state index in [1.54, 1.807) is 6.08 Å². The number of nitrogens with one attached hydrogen (secondary N) is 2. The number of pyridine rings is 1. The molecule has 0 aliphatic carbocycles. The fraction of sp³-hybridized carbons (Fsp3) is 0.200. The largest absolute Gasteiger partial charge is 0.338 e. The van der Waals surface area contributed by atoms with Crippen LogP contribution in [-0.2, 0) is 0 Å². The smallest absolute Gasteiger partial charge is 0.319 e. The van der Waals surface area contributed by atoms with Crippen molar-refractivity contribution in [3.63, 3.8) is 0 Å². The lowest BCUT2D eigenvalue weighted by Gasteiger charge is -2.08. The molecular formula is C15H17Cl2N3O. The second-order valence-electron chi connectivity index (χ2n) is 4.10. The number of halogens is 2. The van der Waals surface area contributed by atoms with E-state index in [1.807, 2.05) is 25.2 Å². The van der Waals surface area contributed by atoms with E-state index in [4.69, 9.17) is 23.2 Å². The Labute approximate surface area is 134 Å². The molecule has 0 spiro atoms. The molecule has 4 nitrogen and oxygen atoms in total. The highest BCUT2D eigenvalue weighted by Crippen LogP contribution is 2.18. The van der Waals surface area contributed by atoms with Crippen molar-refractivity contribution in [1.82, 2.24) is 10.3 Å². The molecule has 2 amide bonds. The molecule has 0 fully saturated rings. The summed E-state index contributed by atoms with van der Waals surface area (Å²) in [5.41, 5.74) is 1.54. The van der Waals surface area contributed by atoms with Crippen LogP contribution in [0.1, 0.15) is 13.3 Å². The van der Waals surface area contributed by atoms with Crippen molar-refractivity contribution < 1.29 is 4.79 Å². The van der Waals surface area contributed by atoms with Crippen molar-refractivity contribution in [3.05, 3.63) is 58.9 Å². The van der Waals surface area contributed by atoms with E-state index in [0.29, 0.717) is 18.7 Å². The van der Waals surface area contributed by atoms with Crippen LogP contribution in [0.15, 0.2) is 48.6 Å². The summed E-state index contributed by atoms with van der Waals surface area (Å²) in [4.78, 5) is 15.5. The minimum Gasteiger partial charge on any atom is -0.338 e. The van der Waals surface area contributed by atoms with E-state index < -0.39 is 0 Å². The molecule has 1 aromatic heterocycles. The van der Waals surface area contributed by atoms with Crippen molar-refractivity contribution in [1.29, 1.82) is 0 Å². The minimum absolute atomic E-state index is 0.223. The number of amides is 2. The summed E-state index contributed by atoms with van der Waals surface area (Å²) < 4.78 is 0. The van der Waals surface area contributed by atoms with Crippen molar-refractivity contribution in [2.75, 3.05) is 11.9 Å². The number of hydrogen-bond donors (Lipinski definition) is 2. The second-order valence-corrected chi connectivity index (χ2v) is 4.88. The first-order valence-corrected chi connectivity index (χ1v) is 7.13. The lowest BCUT2D eigenvalue weighted by molar-refractivity contribution is 0.252. The molecule has 0 bridgehead atoms. The van der Waals surface area contributed by atoms with E-state index in [2.05, 4.69) is 22.2 Å². The number of anilines is 1. The maximum atomic E-state index is 11.7. The Morgan fingerprint density at radius 1 is 1.38 bits per heavy atom. The zero-order valence-electron chi connectivity index (χ0n) is 11.7. The number of carbonyl (C=O) groups is 1. The highest BCUT2D eigenvalue weighted by Gasteiger charge is 2.04. The Bertz CT molecular complexity index is 548. The van der Waals surface area contributed by atoms with Crippen LogP contribution in [0.4, 0.5) is 10.5 Å². The third-order valence-electron chi connectivity index (χ3n) is 2.48. The summed E-state index contributed by atoms with van der Waals surface area (Å²) in [5, 5.41) is 5.83. The summed E-state index contributed by atoms with van der Waals surface area (Å²) >= 11 is 11.5. The predicted octanol–water partition coefficient (Wildman–Crippen LogP) is 4.59. The highest BCUT2D eigenvalue weighted by molar-refractivity contribution is 6.32. The molecular weight excluding hydrogens is 309 g/mol. The van der Waals surface area contributed by atoms with E-state index >= 15 is 0 Å². The first-order chi connectivity index (χ1) is 10.0. The summed E-state index contributed by atoms with van der Waals surface area (Å²) in [5.74, 6) is 0. The number of urea groups is 1. The van der Waals surface area contributed by atoms with Gasteiger partial charge < -0.3 is 10.6 Å². The minimum atomic E-state index is -0.331. The Morgan fingerprint density at radius 2 is 2.05 bits per heavy atom. The van der Waals surface area contributed by atoms with E-state index in [9.17, 15) is 4.79 Å². The SMILES string of the molecule is C=C/C(=C\C=C/C)CCNC(=O)Nc1cc(Cl)nc(Cl)c1. The van der Waals surface area contributed by atoms with Gasteiger partial charge in [-0.25, -0.2) is 9.78 Å². The fourth-order valence-electron chi connectivity index (χ4n) is 1.51. The number of aromatic nitrogens is 1. The molecule has 0 unspecified atom stereocenters. The van der Waals surface area contributed by atoms with Crippen molar-refractivity contribution in [3.8, 4) is 0 Å². The van der Waals surface area contributed by atoms with Crippen molar-refractivity contribution in [2.45, 2.75) is 13.3 Å². The third kappa shape index (κ3) is 6.97. The van der Waals surface area contributed by atoms with E-state index in [0.717, 1.165) is 5.57 Å². The topological polar surface area (TPSA) is 54.0 Å². The molecule has 0 saturated carbocycles. The average Bonchev–Trinajstić information content (AvgIpc) is 2.41. The van der Waals surface area contributed by atoms with E-state index in [-0.39, 0.29) is 16.3 Å². The van der Waals surface area contributed by atoms with Crippen LogP contribution in [0.5, 0.6) is 0 Å². The Hall–Kier alpha value is -1.78. The standard InChI is InChI=1S/C15H17Cl2N3O/c1-3-5-6-11(4-2)7-8-18-15(21)19-12-9-13(16)20-14(17)10-12/h3-6,9-10H,2,7-8H2,1H3,(H2,18,19,20,21)/b5-3-,11-6+. The van der Waals surface area contributed by atoms with Crippen molar-refractivity contribution >= 4 is 34.9 Å². The summed E-state index contributed by atoms with van der Waals surface area (Å²) in [6.45, 7) is 6.16. The zero-order valence-corrected chi connectivity index (χ0v) is 13.2. The fourth-order valence-corrected chi connectivity index (χ4v) is 1.97. The van der Waals surface area contributed by atoms with Gasteiger partial charge in [0, 0.05) is 12.2 Å². The number of nitrogens with zero attached hydrogens (tertiary/aromatic N) is 1. The van der Waals surface area contributed by atoms with Gasteiger partial charge >= 0.3 is 6.03 Å². The summed E-state index contributed by atoms with van der Waals surface area (Å²) in [7, 11) is 0. The quantitative estimate of drug-likeness (QED) is 0.593. The molecule has 0 saturated heterocycles. The van der Waals surface area contributed by atoms with Gasteiger partial charge in [-0.2, -0.15) is 0 Å². The normalized spacial score (nSPS) is 11.5. The third-order valence-corrected chi connectivity index (χ3v) is 2.87. The Balaban J connectivity index is 2.45. The number of rotatable bonds is 6. The van der Waals surface area contributed by atoms with Crippen LogP contribution in [0.3, 0.4) is 0 Å². The molecule has 6 heteroatoms. The van der Waals surface area contributed by atoms with Gasteiger partial charge in [0.15, 0.2) is 0 Å². The van der Waals surface area contributed by atoms with Gasteiger partial charge in [0.25, 0.3) is 0 Å². The maximum Gasteiger partial charge on any atom is 0.319 e. The monoisotopic (exact) mass is 325 g/mol. The highest BCUT2D eigenvalue weighted by atomic mass is 35.5. The molecule has 0 atom stereocenters. The zero-order chi connectivity index (χ0) is 15.7. The van der Waals surface area contributed by atoms with Gasteiger partial charge in [-0.1, -0.05) is 54.1 Å². The van der Waals surface area contributed by atoms with Gasteiger partial charge in [-0.15, -0.1) is 0 Å². The number of hydrogen-bond acceptors (Lipinski definition) is 2. The van der Waals surface area contributed by atoms with Gasteiger partial charge in [-0.3, -0.25) is 0 Å². The molecule has 0 aliphatic heterocycles. The first-order valence-electron chi connectivity index (χ1n) is 6.37. The Morgan fingerprint density at radius 3 is 2.62 bits per heavy atom. The number of carbonyl (C=O) groups excluding carboxylic acids is 1. The lowest BCUT2D eigenvalue weighted by Crippen LogP contribution is -2.29. The van der Waals surface area contributed by atoms with Crippen molar-refractivity contribution in [2.24, 2.45) is 0 Å². The predicted molar refractivity (Wildman–Crippen MR) is 89.0 cm³/mol. The van der Waals surface area contributed by atoms with Gasteiger partial charge in [0.2, 0.25) is 0 Å². The molecule has 21 heavy (non-hydrogen) atoms. The van der Waals surface area contributed by atoms with Gasteiger partial charge in [-0.05, 0) is 31.1 Å². The molecule has 1 rings (SSSR count). The molecule has 2 N–H and O–H groups in total. The summed E-state index contributed by atoms with van der Waals surface area (Å²) in [6, 6.07) is 2.71. The molecule has 1 heterocycles. The van der Waals surface area contributed by atoms with E-state index in [1.165, 1.54) is 12.1 Å². The van der Waals surface area contributed by atoms with Crippen LogP contribution < -0.4 is 10.6 Å². The molecule has 0 aliphatic rings. The Kier molecular flexibility index (Phi) is 7.58. The van der Waals surface area contributed by atoms with Crippen LogP contribution in [-0.4, -0.2) is 17.6 Å². The second kappa shape index (κ2) is 9.21. The average molecular weight is 326 g/mol. The van der Waals surface area contributed by atoms with Crippen LogP contribution in [0, 0.1) is 0 Å². The molecule has 0 radical (unpaired) electrons. The first kappa shape index (κ1) is 17.3. The number of allylic oxidation sites excluding steroid dienone is 4.